The van der Waals surface area contributed by atoms with Crippen molar-refractivity contribution in [1.29, 1.82) is 0 Å². The van der Waals surface area contributed by atoms with E-state index in [-0.39, 0.29) is 5.56 Å². The molecule has 0 unspecified atom stereocenters. The van der Waals surface area contributed by atoms with E-state index in [0.717, 1.165) is 17.8 Å². The molecule has 0 aliphatic carbocycles. The van der Waals surface area contributed by atoms with Crippen LogP contribution in [0.5, 0.6) is 5.88 Å². The summed E-state index contributed by atoms with van der Waals surface area (Å²) >= 11 is 0. The third-order valence-electron chi connectivity index (χ3n) is 3.04. The third-order valence-corrected chi connectivity index (χ3v) is 3.04. The molecule has 1 aliphatic rings. The normalized spacial score (nSPS) is 13.9. The van der Waals surface area contributed by atoms with Gasteiger partial charge in [0, 0.05) is 18.2 Å². The summed E-state index contributed by atoms with van der Waals surface area (Å²) in [5.41, 5.74) is 1.97. The van der Waals surface area contributed by atoms with Crippen LogP contribution in [-0.2, 0) is 13.0 Å². The topological polar surface area (TPSA) is 92.8 Å². The van der Waals surface area contributed by atoms with Crippen molar-refractivity contribution in [3.63, 3.8) is 0 Å². The largest absolute Gasteiger partial charge is 0.481 e. The van der Waals surface area contributed by atoms with E-state index in [4.69, 9.17) is 4.74 Å². The summed E-state index contributed by atoms with van der Waals surface area (Å²) in [5.74, 6) is 0.872. The van der Waals surface area contributed by atoms with Gasteiger partial charge in [0.25, 0.3) is 5.56 Å². The third kappa shape index (κ3) is 2.19. The van der Waals surface area contributed by atoms with Crippen molar-refractivity contribution in [3.8, 4) is 17.4 Å². The predicted octanol–water partition coefficient (Wildman–Crippen LogP) is -0.119. The van der Waals surface area contributed by atoms with Crippen LogP contribution in [0.25, 0.3) is 11.5 Å². The van der Waals surface area contributed by atoms with Gasteiger partial charge < -0.3 is 15.0 Å². The molecule has 0 bridgehead atoms. The molecule has 3 heterocycles. The van der Waals surface area contributed by atoms with Crippen molar-refractivity contribution in [2.24, 2.45) is 0 Å². The highest BCUT2D eigenvalue weighted by atomic mass is 16.5. The Hall–Kier alpha value is -2.28. The molecular formula is C12H13N5O2. The monoisotopic (exact) mass is 259 g/mol. The molecule has 0 fully saturated rings. The van der Waals surface area contributed by atoms with Crippen LogP contribution in [0.15, 0.2) is 17.2 Å². The molecule has 98 valence electrons. The number of nitrogens with one attached hydrogen (secondary N) is 2. The summed E-state index contributed by atoms with van der Waals surface area (Å²) in [4.78, 5) is 27.3. The predicted molar refractivity (Wildman–Crippen MR) is 67.8 cm³/mol. The van der Waals surface area contributed by atoms with Crippen molar-refractivity contribution in [2.75, 3.05) is 13.7 Å². The van der Waals surface area contributed by atoms with Crippen LogP contribution in [0.2, 0.25) is 0 Å². The first-order chi connectivity index (χ1) is 9.28. The second kappa shape index (κ2) is 4.77. The Bertz CT molecular complexity index is 667. The molecule has 2 aromatic heterocycles. The minimum Gasteiger partial charge on any atom is -0.481 e. The zero-order valence-corrected chi connectivity index (χ0v) is 10.4. The Kier molecular flexibility index (Phi) is 2.96. The number of methoxy groups -OCH3 is 1. The summed E-state index contributed by atoms with van der Waals surface area (Å²) in [6.45, 7) is 1.41. The molecule has 7 nitrogen and oxygen atoms in total. The van der Waals surface area contributed by atoms with Crippen molar-refractivity contribution in [3.05, 3.63) is 34.0 Å². The van der Waals surface area contributed by atoms with Gasteiger partial charge >= 0.3 is 0 Å². The molecule has 0 radical (unpaired) electrons. The Morgan fingerprint density at radius 2 is 2.26 bits per heavy atom. The first-order valence-electron chi connectivity index (χ1n) is 5.97. The van der Waals surface area contributed by atoms with Gasteiger partial charge in [0.05, 0.1) is 12.8 Å². The van der Waals surface area contributed by atoms with E-state index in [2.05, 4.69) is 25.3 Å². The van der Waals surface area contributed by atoms with Gasteiger partial charge in [-0.3, -0.25) is 4.79 Å². The van der Waals surface area contributed by atoms with Crippen LogP contribution >= 0.6 is 0 Å². The minimum absolute atomic E-state index is 0.0981. The van der Waals surface area contributed by atoms with Crippen molar-refractivity contribution in [2.45, 2.75) is 13.0 Å². The van der Waals surface area contributed by atoms with E-state index < -0.39 is 0 Å². The maximum atomic E-state index is 12.0. The number of rotatable bonds is 2. The van der Waals surface area contributed by atoms with Crippen LogP contribution in [0.1, 0.15) is 11.3 Å². The number of hydrogen-bond acceptors (Lipinski definition) is 6. The van der Waals surface area contributed by atoms with Crippen LogP contribution in [0, 0.1) is 0 Å². The van der Waals surface area contributed by atoms with Gasteiger partial charge in [-0.2, -0.15) is 0 Å². The average molecular weight is 259 g/mol. The fourth-order valence-corrected chi connectivity index (χ4v) is 2.07. The molecule has 0 aromatic carbocycles. The lowest BCUT2D eigenvalue weighted by Gasteiger charge is -2.15. The molecule has 7 heteroatoms. The van der Waals surface area contributed by atoms with E-state index in [9.17, 15) is 4.79 Å². The second-order valence-corrected chi connectivity index (χ2v) is 4.21. The molecule has 1 aliphatic heterocycles. The number of hydrogen-bond donors (Lipinski definition) is 2. The summed E-state index contributed by atoms with van der Waals surface area (Å²) in [6, 6.07) is 1.64. The van der Waals surface area contributed by atoms with Crippen molar-refractivity contribution >= 4 is 0 Å². The van der Waals surface area contributed by atoms with E-state index in [1.165, 1.54) is 13.4 Å². The molecule has 0 amide bonds. The van der Waals surface area contributed by atoms with Gasteiger partial charge in [0.15, 0.2) is 5.82 Å². The van der Waals surface area contributed by atoms with E-state index in [0.29, 0.717) is 30.4 Å². The van der Waals surface area contributed by atoms with Crippen molar-refractivity contribution < 1.29 is 4.74 Å². The van der Waals surface area contributed by atoms with Gasteiger partial charge in [0.1, 0.15) is 12.0 Å². The molecule has 2 N–H and O–H groups in total. The van der Waals surface area contributed by atoms with Crippen LogP contribution < -0.4 is 15.6 Å². The number of fused-ring (bicyclic) bond motifs is 1. The highest BCUT2D eigenvalue weighted by Gasteiger charge is 2.16. The highest BCUT2D eigenvalue weighted by Crippen LogP contribution is 2.16. The lowest BCUT2D eigenvalue weighted by molar-refractivity contribution is 0.397. The lowest BCUT2D eigenvalue weighted by Crippen LogP contribution is -2.31. The maximum absolute atomic E-state index is 12.0. The van der Waals surface area contributed by atoms with E-state index >= 15 is 0 Å². The average Bonchev–Trinajstić information content (AvgIpc) is 2.47. The van der Waals surface area contributed by atoms with Gasteiger partial charge in [-0.1, -0.05) is 0 Å². The van der Waals surface area contributed by atoms with Crippen LogP contribution in [0.4, 0.5) is 0 Å². The molecular weight excluding hydrogens is 246 g/mol. The lowest BCUT2D eigenvalue weighted by atomic mass is 10.1. The SMILES string of the molecule is COc1cc(-c2nc3c(c(=O)[nH]2)CCNC3)ncn1. The molecule has 0 atom stereocenters. The highest BCUT2D eigenvalue weighted by molar-refractivity contribution is 5.50. The summed E-state index contributed by atoms with van der Waals surface area (Å²) in [5, 5.41) is 3.20. The van der Waals surface area contributed by atoms with E-state index in [1.807, 2.05) is 0 Å². The second-order valence-electron chi connectivity index (χ2n) is 4.21. The number of nitrogens with zero attached hydrogens (tertiary/aromatic N) is 3. The summed E-state index contributed by atoms with van der Waals surface area (Å²) in [6.07, 6.45) is 2.08. The first kappa shape index (κ1) is 11.8. The summed E-state index contributed by atoms with van der Waals surface area (Å²) in [7, 11) is 1.53. The molecule has 2 aromatic rings. The minimum atomic E-state index is -0.0981. The maximum Gasteiger partial charge on any atom is 0.254 e. The molecule has 19 heavy (non-hydrogen) atoms. The van der Waals surface area contributed by atoms with Gasteiger partial charge in [-0.25, -0.2) is 15.0 Å². The fourth-order valence-electron chi connectivity index (χ4n) is 2.07. The quantitative estimate of drug-likeness (QED) is 0.781. The smallest absolute Gasteiger partial charge is 0.254 e. The Balaban J connectivity index is 2.10. The van der Waals surface area contributed by atoms with Gasteiger partial charge in [-0.15, -0.1) is 0 Å². The molecule has 3 rings (SSSR count). The van der Waals surface area contributed by atoms with E-state index in [1.54, 1.807) is 6.07 Å². The molecule has 0 saturated carbocycles. The standard InChI is InChI=1S/C12H13N5O2/c1-19-10-4-8(14-6-15-10)11-16-9-5-13-3-2-7(9)12(18)17-11/h4,6,13H,2-3,5H2,1H3,(H,16,17,18). The zero-order valence-electron chi connectivity index (χ0n) is 10.4. The number of ether oxygens (including phenoxy) is 1. The zero-order chi connectivity index (χ0) is 13.2. The van der Waals surface area contributed by atoms with Crippen LogP contribution in [0.3, 0.4) is 0 Å². The summed E-state index contributed by atoms with van der Waals surface area (Å²) < 4.78 is 5.04. The first-order valence-corrected chi connectivity index (χ1v) is 5.97. The fraction of sp³-hybridized carbons (Fsp3) is 0.333. The Morgan fingerprint density at radius 3 is 3.11 bits per heavy atom. The number of aromatic nitrogens is 4. The van der Waals surface area contributed by atoms with Gasteiger partial charge in [0.2, 0.25) is 5.88 Å². The number of H-pyrrole nitrogens is 1. The van der Waals surface area contributed by atoms with Crippen LogP contribution in [-0.4, -0.2) is 33.6 Å². The Morgan fingerprint density at radius 1 is 1.37 bits per heavy atom. The Labute approximate surface area is 109 Å². The van der Waals surface area contributed by atoms with Gasteiger partial charge in [-0.05, 0) is 13.0 Å². The molecule has 0 saturated heterocycles. The van der Waals surface area contributed by atoms with Crippen molar-refractivity contribution in [1.82, 2.24) is 25.3 Å². The number of aromatic amines is 1. The molecule has 0 spiro atoms.